The Hall–Kier alpha value is -1.09. The van der Waals surface area contributed by atoms with Gasteiger partial charge in [-0.1, -0.05) is 25.0 Å². The van der Waals surface area contributed by atoms with Gasteiger partial charge < -0.3 is 5.32 Å². The first-order valence-corrected chi connectivity index (χ1v) is 6.33. The highest BCUT2D eigenvalue weighted by Gasteiger charge is 2.36. The molecule has 2 nitrogen and oxygen atoms in total. The first kappa shape index (κ1) is 12.4. The Morgan fingerprint density at radius 3 is 2.41 bits per heavy atom. The van der Waals surface area contributed by atoms with Gasteiger partial charge in [0.1, 0.15) is 11.7 Å². The maximum atomic E-state index is 12.9. The summed E-state index contributed by atoms with van der Waals surface area (Å²) in [5, 5.41) is 2.98. The van der Waals surface area contributed by atoms with Gasteiger partial charge in [-0.3, -0.25) is 4.79 Å². The first-order chi connectivity index (χ1) is 8.16. The molecule has 1 N–H and O–H groups in total. The van der Waals surface area contributed by atoms with Gasteiger partial charge in [0.25, 0.3) is 0 Å². The minimum absolute atomic E-state index is 0.0387. The van der Waals surface area contributed by atoms with Crippen LogP contribution in [0.4, 0.5) is 4.39 Å². The summed E-state index contributed by atoms with van der Waals surface area (Å²) in [5.41, 5.74) is 0.620. The van der Waals surface area contributed by atoms with E-state index in [0.717, 1.165) is 31.2 Å². The Kier molecular flexibility index (Phi) is 3.67. The average molecular weight is 256 g/mol. The lowest BCUT2D eigenvalue weighted by molar-refractivity contribution is -0.120. The molecule has 0 heterocycles. The van der Waals surface area contributed by atoms with Crippen molar-refractivity contribution in [3.8, 4) is 0 Å². The fourth-order valence-corrected chi connectivity index (χ4v) is 2.60. The minimum Gasteiger partial charge on any atom is -0.346 e. The van der Waals surface area contributed by atoms with Gasteiger partial charge in [-0.25, -0.2) is 4.39 Å². The summed E-state index contributed by atoms with van der Waals surface area (Å²) in [7, 11) is 0. The molecule has 1 aliphatic rings. The Bertz CT molecular complexity index is 398. The predicted molar refractivity (Wildman–Crippen MR) is 65.4 cm³/mol. The van der Waals surface area contributed by atoms with Gasteiger partial charge in [0.15, 0.2) is 0 Å². The number of benzene rings is 1. The van der Waals surface area contributed by atoms with Crippen LogP contribution in [0.15, 0.2) is 24.3 Å². The van der Waals surface area contributed by atoms with E-state index in [4.69, 9.17) is 11.6 Å². The molecule has 0 bridgehead atoms. The van der Waals surface area contributed by atoms with Crippen molar-refractivity contribution in [2.75, 3.05) is 5.88 Å². The van der Waals surface area contributed by atoms with Crippen LogP contribution in [0.3, 0.4) is 0 Å². The maximum Gasteiger partial charge on any atom is 0.235 e. The molecule has 2 rings (SSSR count). The van der Waals surface area contributed by atoms with E-state index in [0.29, 0.717) is 0 Å². The molecule has 1 aromatic rings. The summed E-state index contributed by atoms with van der Waals surface area (Å²) in [5.74, 6) is -0.466. The molecule has 0 atom stereocenters. The highest BCUT2D eigenvalue weighted by molar-refractivity contribution is 6.27. The van der Waals surface area contributed by atoms with Crippen LogP contribution in [-0.4, -0.2) is 11.8 Å². The molecule has 4 heteroatoms. The fraction of sp³-hybridized carbons (Fsp3) is 0.462. The van der Waals surface area contributed by atoms with Gasteiger partial charge in [0.2, 0.25) is 5.91 Å². The van der Waals surface area contributed by atoms with E-state index in [2.05, 4.69) is 5.32 Å². The van der Waals surface area contributed by atoms with Gasteiger partial charge in [0.05, 0.1) is 5.54 Å². The molecular weight excluding hydrogens is 241 g/mol. The second-order valence-corrected chi connectivity index (χ2v) is 4.75. The molecule has 0 aromatic heterocycles. The quantitative estimate of drug-likeness (QED) is 0.827. The molecule has 92 valence electrons. The van der Waals surface area contributed by atoms with Crippen molar-refractivity contribution in [2.45, 2.75) is 31.2 Å². The van der Waals surface area contributed by atoms with Crippen molar-refractivity contribution < 1.29 is 9.18 Å². The number of nitrogens with one attached hydrogen (secondary N) is 1. The SMILES string of the molecule is O=C(CCl)NC1(c2ccc(F)cc2)CCCC1. The van der Waals surface area contributed by atoms with Gasteiger partial charge in [0, 0.05) is 0 Å². The summed E-state index contributed by atoms with van der Waals surface area (Å²) in [4.78, 5) is 11.5. The second-order valence-electron chi connectivity index (χ2n) is 4.48. The number of halogens is 2. The summed E-state index contributed by atoms with van der Waals surface area (Å²) in [6, 6.07) is 6.36. The molecule has 0 unspecified atom stereocenters. The molecule has 1 aromatic carbocycles. The van der Waals surface area contributed by atoms with E-state index >= 15 is 0 Å². The van der Waals surface area contributed by atoms with E-state index in [9.17, 15) is 9.18 Å². The smallest absolute Gasteiger partial charge is 0.235 e. The van der Waals surface area contributed by atoms with Crippen molar-refractivity contribution in [2.24, 2.45) is 0 Å². The molecule has 1 amide bonds. The normalized spacial score (nSPS) is 18.0. The standard InChI is InChI=1S/C13H15ClFNO/c14-9-12(17)16-13(7-1-2-8-13)10-3-5-11(15)6-4-10/h3-6H,1-2,7-9H2,(H,16,17). The zero-order valence-corrected chi connectivity index (χ0v) is 10.3. The zero-order chi connectivity index (χ0) is 12.3. The van der Waals surface area contributed by atoms with E-state index in [1.54, 1.807) is 12.1 Å². The molecule has 1 fully saturated rings. The third-order valence-corrected chi connectivity index (χ3v) is 3.60. The van der Waals surface area contributed by atoms with Crippen LogP contribution in [-0.2, 0) is 10.3 Å². The zero-order valence-electron chi connectivity index (χ0n) is 9.51. The van der Waals surface area contributed by atoms with Crippen LogP contribution in [0.25, 0.3) is 0 Å². The minimum atomic E-state index is -0.348. The number of rotatable bonds is 3. The summed E-state index contributed by atoms with van der Waals surface area (Å²) in [6.45, 7) is 0. The van der Waals surface area contributed by atoms with Gasteiger partial charge in [-0.05, 0) is 30.5 Å². The number of hydrogen-bond acceptors (Lipinski definition) is 1. The fourth-order valence-electron chi connectivity index (χ4n) is 2.53. The summed E-state index contributed by atoms with van der Waals surface area (Å²) >= 11 is 5.53. The number of alkyl halides is 1. The third kappa shape index (κ3) is 2.60. The van der Waals surface area contributed by atoms with Crippen molar-refractivity contribution in [3.63, 3.8) is 0 Å². The lowest BCUT2D eigenvalue weighted by Crippen LogP contribution is -2.44. The molecule has 0 saturated heterocycles. The average Bonchev–Trinajstić information content (AvgIpc) is 2.79. The van der Waals surface area contributed by atoms with E-state index in [1.807, 2.05) is 0 Å². The van der Waals surface area contributed by atoms with Gasteiger partial charge in [-0.15, -0.1) is 11.6 Å². The summed E-state index contributed by atoms with van der Waals surface area (Å²) < 4.78 is 12.9. The molecule has 0 radical (unpaired) electrons. The third-order valence-electron chi connectivity index (χ3n) is 3.35. The number of hydrogen-bond donors (Lipinski definition) is 1. The highest BCUT2D eigenvalue weighted by atomic mass is 35.5. The van der Waals surface area contributed by atoms with E-state index < -0.39 is 0 Å². The lowest BCUT2D eigenvalue weighted by atomic mass is 9.88. The van der Waals surface area contributed by atoms with Crippen LogP contribution in [0.1, 0.15) is 31.2 Å². The van der Waals surface area contributed by atoms with E-state index in [-0.39, 0.29) is 23.1 Å². The van der Waals surface area contributed by atoms with Crippen LogP contribution >= 0.6 is 11.6 Å². The van der Waals surface area contributed by atoms with Crippen molar-refractivity contribution in [3.05, 3.63) is 35.6 Å². The Morgan fingerprint density at radius 2 is 1.88 bits per heavy atom. The first-order valence-electron chi connectivity index (χ1n) is 5.79. The van der Waals surface area contributed by atoms with Crippen LogP contribution in [0.2, 0.25) is 0 Å². The molecule has 1 saturated carbocycles. The Labute approximate surface area is 105 Å². The predicted octanol–water partition coefficient (Wildman–Crippen LogP) is 2.95. The Morgan fingerprint density at radius 1 is 1.29 bits per heavy atom. The molecule has 0 spiro atoms. The molecule has 17 heavy (non-hydrogen) atoms. The lowest BCUT2D eigenvalue weighted by Gasteiger charge is -2.30. The van der Waals surface area contributed by atoms with Crippen molar-refractivity contribution in [1.82, 2.24) is 5.32 Å². The van der Waals surface area contributed by atoms with E-state index in [1.165, 1.54) is 12.1 Å². The highest BCUT2D eigenvalue weighted by Crippen LogP contribution is 2.38. The molecule has 0 aliphatic heterocycles. The maximum absolute atomic E-state index is 12.9. The molecular formula is C13H15ClFNO. The number of carbonyl (C=O) groups is 1. The monoisotopic (exact) mass is 255 g/mol. The summed E-state index contributed by atoms with van der Waals surface area (Å²) in [6.07, 6.45) is 3.92. The van der Waals surface area contributed by atoms with Crippen molar-refractivity contribution >= 4 is 17.5 Å². The van der Waals surface area contributed by atoms with Crippen LogP contribution in [0.5, 0.6) is 0 Å². The van der Waals surface area contributed by atoms with Crippen LogP contribution < -0.4 is 5.32 Å². The molecule has 1 aliphatic carbocycles. The van der Waals surface area contributed by atoms with Crippen LogP contribution in [0, 0.1) is 5.82 Å². The topological polar surface area (TPSA) is 29.1 Å². The number of amides is 1. The number of carbonyl (C=O) groups excluding carboxylic acids is 1. The van der Waals surface area contributed by atoms with Crippen molar-refractivity contribution in [1.29, 1.82) is 0 Å². The van der Waals surface area contributed by atoms with Gasteiger partial charge in [-0.2, -0.15) is 0 Å². The largest absolute Gasteiger partial charge is 0.346 e. The Balaban J connectivity index is 2.27. The second kappa shape index (κ2) is 5.05. The van der Waals surface area contributed by atoms with Gasteiger partial charge >= 0.3 is 0 Å².